The molecule has 0 unspecified atom stereocenters. The second kappa shape index (κ2) is 6.71. The van der Waals surface area contributed by atoms with Crippen molar-refractivity contribution in [2.24, 2.45) is 5.92 Å². The zero-order valence-electron chi connectivity index (χ0n) is 10.9. The summed E-state index contributed by atoms with van der Waals surface area (Å²) in [7, 11) is 2.14. The van der Waals surface area contributed by atoms with Gasteiger partial charge in [0.25, 0.3) is 0 Å². The van der Waals surface area contributed by atoms with Gasteiger partial charge < -0.3 is 14.6 Å². The lowest BCUT2D eigenvalue weighted by Crippen LogP contribution is -2.30. The molecule has 0 aliphatic rings. The van der Waals surface area contributed by atoms with Gasteiger partial charge in [-0.1, -0.05) is 13.8 Å². The highest BCUT2D eigenvalue weighted by atomic mass is 16.3. The van der Waals surface area contributed by atoms with Crippen molar-refractivity contribution in [3.63, 3.8) is 0 Å². The van der Waals surface area contributed by atoms with Crippen LogP contribution in [0.5, 0.6) is 0 Å². The third-order valence-corrected chi connectivity index (χ3v) is 2.63. The Morgan fingerprint density at radius 3 is 2.75 bits per heavy atom. The summed E-state index contributed by atoms with van der Waals surface area (Å²) in [6.07, 6.45) is 1.76. The van der Waals surface area contributed by atoms with Gasteiger partial charge in [0.15, 0.2) is 0 Å². The number of likely N-dealkylation sites (N-methyl/N-ethyl adjacent to an activating group) is 1. The first-order chi connectivity index (χ1) is 7.59. The zero-order chi connectivity index (χ0) is 12.0. The van der Waals surface area contributed by atoms with Crippen LogP contribution in [-0.2, 0) is 6.54 Å². The number of furan rings is 1. The molecular formula is C13H24N2O. The summed E-state index contributed by atoms with van der Waals surface area (Å²) in [5, 5.41) is 3.44. The Morgan fingerprint density at radius 2 is 2.19 bits per heavy atom. The summed E-state index contributed by atoms with van der Waals surface area (Å²) < 4.78 is 5.28. The van der Waals surface area contributed by atoms with Crippen molar-refractivity contribution < 1.29 is 4.42 Å². The predicted molar refractivity (Wildman–Crippen MR) is 67.5 cm³/mol. The average Bonchev–Trinajstić information content (AvgIpc) is 2.59. The first kappa shape index (κ1) is 13.3. The standard InChI is InChI=1S/C13H24N2O/c1-11(2)9-14-6-7-15(4)10-13-5-8-16-12(13)3/h5,8,11,14H,6-7,9-10H2,1-4H3. The lowest BCUT2D eigenvalue weighted by Gasteiger charge is -2.17. The molecule has 0 bridgehead atoms. The van der Waals surface area contributed by atoms with Crippen molar-refractivity contribution in [1.29, 1.82) is 0 Å². The largest absolute Gasteiger partial charge is 0.469 e. The summed E-state index contributed by atoms with van der Waals surface area (Å²) in [5.41, 5.74) is 1.28. The molecule has 0 saturated heterocycles. The molecule has 3 nitrogen and oxygen atoms in total. The van der Waals surface area contributed by atoms with Gasteiger partial charge in [-0.05, 0) is 32.5 Å². The van der Waals surface area contributed by atoms with E-state index in [1.807, 2.05) is 13.0 Å². The minimum atomic E-state index is 0.724. The molecule has 1 aromatic rings. The molecular weight excluding hydrogens is 200 g/mol. The molecule has 0 radical (unpaired) electrons. The van der Waals surface area contributed by atoms with Crippen molar-refractivity contribution >= 4 is 0 Å². The first-order valence-corrected chi connectivity index (χ1v) is 6.02. The number of rotatable bonds is 7. The Morgan fingerprint density at radius 1 is 1.44 bits per heavy atom. The highest BCUT2D eigenvalue weighted by Gasteiger charge is 2.04. The van der Waals surface area contributed by atoms with Crippen molar-refractivity contribution in [3.05, 3.63) is 23.7 Å². The Hall–Kier alpha value is -0.800. The smallest absolute Gasteiger partial charge is 0.105 e. The normalized spacial score (nSPS) is 11.6. The second-order valence-corrected chi connectivity index (χ2v) is 4.84. The molecule has 0 amide bonds. The van der Waals surface area contributed by atoms with Crippen LogP contribution in [0, 0.1) is 12.8 Å². The van der Waals surface area contributed by atoms with E-state index >= 15 is 0 Å². The summed E-state index contributed by atoms with van der Waals surface area (Å²) in [6, 6.07) is 2.05. The number of nitrogens with one attached hydrogen (secondary N) is 1. The fourth-order valence-corrected chi connectivity index (χ4v) is 1.61. The SMILES string of the molecule is Cc1occc1CN(C)CCNCC(C)C. The first-order valence-electron chi connectivity index (χ1n) is 6.02. The van der Waals surface area contributed by atoms with Crippen LogP contribution in [0.2, 0.25) is 0 Å². The third kappa shape index (κ3) is 4.81. The lowest BCUT2D eigenvalue weighted by atomic mass is 10.2. The van der Waals surface area contributed by atoms with E-state index in [9.17, 15) is 0 Å². The van der Waals surface area contributed by atoms with Gasteiger partial charge in [0.2, 0.25) is 0 Å². The molecule has 3 heteroatoms. The Labute approximate surface area is 98.8 Å². The molecule has 0 saturated carbocycles. The topological polar surface area (TPSA) is 28.4 Å². The molecule has 1 aromatic heterocycles. The van der Waals surface area contributed by atoms with Crippen LogP contribution in [0.1, 0.15) is 25.2 Å². The van der Waals surface area contributed by atoms with Gasteiger partial charge in [-0.15, -0.1) is 0 Å². The van der Waals surface area contributed by atoms with Crippen LogP contribution in [0.4, 0.5) is 0 Å². The van der Waals surface area contributed by atoms with Gasteiger partial charge in [0.1, 0.15) is 5.76 Å². The molecule has 0 aromatic carbocycles. The van der Waals surface area contributed by atoms with Crippen LogP contribution in [0.15, 0.2) is 16.7 Å². The summed E-state index contributed by atoms with van der Waals surface area (Å²) in [5.74, 6) is 1.75. The van der Waals surface area contributed by atoms with Crippen LogP contribution in [-0.4, -0.2) is 31.6 Å². The summed E-state index contributed by atoms with van der Waals surface area (Å²) >= 11 is 0. The summed E-state index contributed by atoms with van der Waals surface area (Å²) in [4.78, 5) is 2.31. The molecule has 0 aliphatic carbocycles. The van der Waals surface area contributed by atoms with E-state index in [-0.39, 0.29) is 0 Å². The average molecular weight is 224 g/mol. The van der Waals surface area contributed by atoms with E-state index in [1.165, 1.54) is 5.56 Å². The van der Waals surface area contributed by atoms with Gasteiger partial charge in [-0.25, -0.2) is 0 Å². The Balaban J connectivity index is 2.16. The highest BCUT2D eigenvalue weighted by Crippen LogP contribution is 2.10. The third-order valence-electron chi connectivity index (χ3n) is 2.63. The van der Waals surface area contributed by atoms with Gasteiger partial charge in [-0.3, -0.25) is 0 Å². The number of hydrogen-bond donors (Lipinski definition) is 1. The fraction of sp³-hybridized carbons (Fsp3) is 0.692. The molecule has 1 rings (SSSR count). The van der Waals surface area contributed by atoms with Gasteiger partial charge in [0, 0.05) is 25.2 Å². The zero-order valence-corrected chi connectivity index (χ0v) is 10.9. The van der Waals surface area contributed by atoms with Gasteiger partial charge in [-0.2, -0.15) is 0 Å². The molecule has 16 heavy (non-hydrogen) atoms. The molecule has 0 fully saturated rings. The van der Waals surface area contributed by atoms with Crippen LogP contribution in [0.3, 0.4) is 0 Å². The van der Waals surface area contributed by atoms with Crippen molar-refractivity contribution in [1.82, 2.24) is 10.2 Å². The summed E-state index contributed by atoms with van der Waals surface area (Å²) in [6.45, 7) is 10.6. The fourth-order valence-electron chi connectivity index (χ4n) is 1.61. The maximum atomic E-state index is 5.28. The predicted octanol–water partition coefficient (Wildman–Crippen LogP) is 2.27. The van der Waals surface area contributed by atoms with E-state index < -0.39 is 0 Å². The maximum absolute atomic E-state index is 5.28. The minimum Gasteiger partial charge on any atom is -0.469 e. The Kier molecular flexibility index (Phi) is 5.56. The van der Waals surface area contributed by atoms with E-state index in [1.54, 1.807) is 6.26 Å². The van der Waals surface area contributed by atoms with E-state index in [0.717, 1.165) is 37.9 Å². The highest BCUT2D eigenvalue weighted by molar-refractivity contribution is 5.14. The minimum absolute atomic E-state index is 0.724. The van der Waals surface area contributed by atoms with Crippen LogP contribution < -0.4 is 5.32 Å². The second-order valence-electron chi connectivity index (χ2n) is 4.84. The van der Waals surface area contributed by atoms with Gasteiger partial charge >= 0.3 is 0 Å². The molecule has 0 atom stereocenters. The van der Waals surface area contributed by atoms with E-state index in [0.29, 0.717) is 0 Å². The van der Waals surface area contributed by atoms with Crippen molar-refractivity contribution in [2.45, 2.75) is 27.3 Å². The number of aryl methyl sites for hydroxylation is 1. The Bertz CT molecular complexity index is 294. The number of nitrogens with zero attached hydrogens (tertiary/aromatic N) is 1. The lowest BCUT2D eigenvalue weighted by molar-refractivity contribution is 0.319. The van der Waals surface area contributed by atoms with E-state index in [2.05, 4.69) is 31.1 Å². The molecule has 1 heterocycles. The monoisotopic (exact) mass is 224 g/mol. The molecule has 92 valence electrons. The maximum Gasteiger partial charge on any atom is 0.105 e. The molecule has 1 N–H and O–H groups in total. The van der Waals surface area contributed by atoms with Crippen molar-refractivity contribution in [2.75, 3.05) is 26.7 Å². The van der Waals surface area contributed by atoms with E-state index in [4.69, 9.17) is 4.42 Å². The van der Waals surface area contributed by atoms with Crippen molar-refractivity contribution in [3.8, 4) is 0 Å². The molecule has 0 aliphatic heterocycles. The van der Waals surface area contributed by atoms with Crippen LogP contribution >= 0.6 is 0 Å². The van der Waals surface area contributed by atoms with Gasteiger partial charge in [0.05, 0.1) is 6.26 Å². The van der Waals surface area contributed by atoms with Crippen LogP contribution in [0.25, 0.3) is 0 Å². The molecule has 0 spiro atoms. The quantitative estimate of drug-likeness (QED) is 0.720. The number of hydrogen-bond acceptors (Lipinski definition) is 3.